The maximum Gasteiger partial charge on any atom is 0.407 e. The zero-order chi connectivity index (χ0) is 26.7. The van der Waals surface area contributed by atoms with Gasteiger partial charge in [0.25, 0.3) is 0 Å². The monoisotopic (exact) mass is 537 g/mol. The number of anilines is 1. The van der Waals surface area contributed by atoms with Crippen molar-refractivity contribution in [3.05, 3.63) is 59.4 Å². The number of ether oxygens (including phenoxy) is 3. The minimum Gasteiger partial charge on any atom is -0.496 e. The van der Waals surface area contributed by atoms with Gasteiger partial charge in [-0.05, 0) is 69.3 Å². The van der Waals surface area contributed by atoms with Crippen molar-refractivity contribution >= 4 is 34.8 Å². The predicted molar refractivity (Wildman–Crippen MR) is 145 cm³/mol. The van der Waals surface area contributed by atoms with E-state index in [0.29, 0.717) is 31.1 Å². The summed E-state index contributed by atoms with van der Waals surface area (Å²) >= 11 is 1.41. The number of methoxy groups -OCH3 is 1. The third-order valence-electron chi connectivity index (χ3n) is 5.91. The van der Waals surface area contributed by atoms with E-state index in [0.717, 1.165) is 51.3 Å². The smallest absolute Gasteiger partial charge is 0.407 e. The van der Waals surface area contributed by atoms with Gasteiger partial charge in [-0.3, -0.25) is 4.68 Å². The minimum absolute atomic E-state index is 0.330. The standard InChI is InChI=1S/C27H31N5O5S/c1-27(2,3)36-26(33)28-13-17-14-29-32(15-17)16-18-12-21-23(24-19(18)8-7-11-35-24)25(30-37-21)31-38-22-10-6-5-9-20(22)34-4/h5-6,9-10,12,14-15H,7-8,11,13,16H2,1-4H3,(H,28,33)(H,30,31). The lowest BCUT2D eigenvalue weighted by molar-refractivity contribution is 0.0523. The summed E-state index contributed by atoms with van der Waals surface area (Å²) in [5, 5.41) is 12.4. The van der Waals surface area contributed by atoms with Crippen LogP contribution >= 0.6 is 11.9 Å². The molecule has 10 nitrogen and oxygen atoms in total. The Balaban J connectivity index is 1.34. The number of carbonyl (C=O) groups is 1. The van der Waals surface area contributed by atoms with Crippen molar-refractivity contribution in [1.29, 1.82) is 0 Å². The van der Waals surface area contributed by atoms with Crippen LogP contribution in [0.2, 0.25) is 0 Å². The van der Waals surface area contributed by atoms with Crippen LogP contribution in [0.1, 0.15) is 43.9 Å². The van der Waals surface area contributed by atoms with Gasteiger partial charge >= 0.3 is 6.09 Å². The number of rotatable bonds is 8. The first-order chi connectivity index (χ1) is 18.3. The highest BCUT2D eigenvalue weighted by Crippen LogP contribution is 2.42. The van der Waals surface area contributed by atoms with Gasteiger partial charge in [0, 0.05) is 23.9 Å². The number of hydrogen-bond donors (Lipinski definition) is 2. The van der Waals surface area contributed by atoms with Crippen LogP contribution in [-0.4, -0.2) is 40.3 Å². The molecule has 5 rings (SSSR count). The maximum atomic E-state index is 12.0. The Bertz CT molecular complexity index is 1440. The van der Waals surface area contributed by atoms with E-state index in [1.807, 2.05) is 62.0 Å². The Kier molecular flexibility index (Phi) is 7.37. The summed E-state index contributed by atoms with van der Waals surface area (Å²) in [6, 6.07) is 9.79. The van der Waals surface area contributed by atoms with Crippen LogP contribution in [0.25, 0.3) is 11.0 Å². The van der Waals surface area contributed by atoms with Gasteiger partial charge in [-0.15, -0.1) is 0 Å². The van der Waals surface area contributed by atoms with E-state index in [2.05, 4.69) is 20.3 Å². The number of aromatic nitrogens is 3. The molecular weight excluding hydrogens is 506 g/mol. The summed E-state index contributed by atoms with van der Waals surface area (Å²) in [4.78, 5) is 12.9. The molecule has 0 radical (unpaired) electrons. The number of para-hydroxylation sites is 1. The molecule has 0 atom stereocenters. The predicted octanol–water partition coefficient (Wildman–Crippen LogP) is 5.55. The Labute approximate surface area is 225 Å². The zero-order valence-electron chi connectivity index (χ0n) is 21.9. The fourth-order valence-corrected chi connectivity index (χ4v) is 5.03. The van der Waals surface area contributed by atoms with Crippen LogP contribution in [0, 0.1) is 0 Å². The Hall–Kier alpha value is -3.86. The molecule has 0 saturated carbocycles. The summed E-state index contributed by atoms with van der Waals surface area (Å²) in [7, 11) is 1.65. The average molecular weight is 538 g/mol. The van der Waals surface area contributed by atoms with Gasteiger partial charge in [0.15, 0.2) is 11.4 Å². The molecule has 1 amide bonds. The van der Waals surface area contributed by atoms with Crippen molar-refractivity contribution in [3.63, 3.8) is 0 Å². The number of fused-ring (bicyclic) bond motifs is 3. The highest BCUT2D eigenvalue weighted by molar-refractivity contribution is 8.00. The molecule has 1 aliphatic heterocycles. The molecule has 3 heterocycles. The number of benzene rings is 2. The van der Waals surface area contributed by atoms with E-state index in [4.69, 9.17) is 18.7 Å². The highest BCUT2D eigenvalue weighted by atomic mass is 32.2. The molecule has 2 aromatic heterocycles. The van der Waals surface area contributed by atoms with Crippen molar-refractivity contribution in [2.75, 3.05) is 18.4 Å². The first kappa shape index (κ1) is 25.8. The van der Waals surface area contributed by atoms with E-state index >= 15 is 0 Å². The maximum absolute atomic E-state index is 12.0. The molecule has 2 aromatic carbocycles. The number of nitrogens with zero attached hydrogens (tertiary/aromatic N) is 3. The summed E-state index contributed by atoms with van der Waals surface area (Å²) in [6.45, 7) is 7.00. The molecule has 0 spiro atoms. The summed E-state index contributed by atoms with van der Waals surface area (Å²) in [6.07, 6.45) is 5.01. The van der Waals surface area contributed by atoms with Gasteiger partial charge in [0.05, 0.1) is 31.4 Å². The van der Waals surface area contributed by atoms with Gasteiger partial charge in [0.1, 0.15) is 22.5 Å². The number of nitrogens with one attached hydrogen (secondary N) is 2. The van der Waals surface area contributed by atoms with E-state index in [-0.39, 0.29) is 0 Å². The quantitative estimate of drug-likeness (QED) is 0.279. The lowest BCUT2D eigenvalue weighted by atomic mass is 9.97. The topological polar surface area (TPSA) is 113 Å². The lowest BCUT2D eigenvalue weighted by Gasteiger charge is -2.21. The number of amides is 1. The van der Waals surface area contributed by atoms with Crippen LogP contribution in [0.4, 0.5) is 10.6 Å². The molecule has 200 valence electrons. The molecule has 0 unspecified atom stereocenters. The second-order valence-electron chi connectivity index (χ2n) is 9.96. The van der Waals surface area contributed by atoms with Crippen LogP contribution in [0.5, 0.6) is 11.5 Å². The third-order valence-corrected chi connectivity index (χ3v) is 6.76. The molecule has 38 heavy (non-hydrogen) atoms. The summed E-state index contributed by atoms with van der Waals surface area (Å²) in [5.74, 6) is 2.18. The van der Waals surface area contributed by atoms with E-state index in [9.17, 15) is 4.79 Å². The first-order valence-corrected chi connectivity index (χ1v) is 13.2. The van der Waals surface area contributed by atoms with Gasteiger partial charge in [0.2, 0.25) is 0 Å². The number of hydrogen-bond acceptors (Lipinski definition) is 9. The van der Waals surface area contributed by atoms with Crippen LogP contribution in [-0.2, 0) is 24.2 Å². The normalized spacial score (nSPS) is 13.1. The van der Waals surface area contributed by atoms with Crippen molar-refractivity contribution < 1.29 is 23.5 Å². The van der Waals surface area contributed by atoms with Gasteiger partial charge in [-0.2, -0.15) is 5.10 Å². The molecule has 0 bridgehead atoms. The minimum atomic E-state index is -0.544. The second-order valence-corrected chi connectivity index (χ2v) is 10.8. The van der Waals surface area contributed by atoms with E-state index < -0.39 is 11.7 Å². The molecule has 4 aromatic rings. The van der Waals surface area contributed by atoms with Gasteiger partial charge in [-0.25, -0.2) is 4.79 Å². The fourth-order valence-electron chi connectivity index (χ4n) is 4.28. The Morgan fingerprint density at radius 1 is 1.26 bits per heavy atom. The number of carbonyl (C=O) groups excluding carboxylic acids is 1. The largest absolute Gasteiger partial charge is 0.496 e. The van der Waals surface area contributed by atoms with E-state index in [1.165, 1.54) is 11.9 Å². The van der Waals surface area contributed by atoms with Gasteiger partial charge in [-0.1, -0.05) is 17.3 Å². The molecule has 0 aliphatic carbocycles. The molecular formula is C27H31N5O5S. The second kappa shape index (κ2) is 10.9. The third kappa shape index (κ3) is 5.83. The number of alkyl carbamates (subject to hydrolysis) is 1. The van der Waals surface area contributed by atoms with Crippen LogP contribution < -0.4 is 19.5 Å². The van der Waals surface area contributed by atoms with Crippen LogP contribution in [0.3, 0.4) is 0 Å². The summed E-state index contributed by atoms with van der Waals surface area (Å²) in [5.41, 5.74) is 3.16. The van der Waals surface area contributed by atoms with E-state index in [1.54, 1.807) is 13.3 Å². The Morgan fingerprint density at radius 2 is 2.11 bits per heavy atom. The molecule has 1 aliphatic rings. The average Bonchev–Trinajstić information content (AvgIpc) is 3.52. The van der Waals surface area contributed by atoms with Crippen molar-refractivity contribution in [2.45, 2.75) is 57.2 Å². The van der Waals surface area contributed by atoms with Gasteiger partial charge < -0.3 is 28.8 Å². The molecule has 0 saturated heterocycles. The molecule has 11 heteroatoms. The highest BCUT2D eigenvalue weighted by Gasteiger charge is 2.24. The SMILES string of the molecule is COc1ccccc1SNc1noc2cc(Cn3cc(CNC(=O)OC(C)(C)C)cn3)c3c(c12)OCCC3. The van der Waals surface area contributed by atoms with Crippen molar-refractivity contribution in [1.82, 2.24) is 20.3 Å². The lowest BCUT2D eigenvalue weighted by Crippen LogP contribution is -2.32. The Morgan fingerprint density at radius 3 is 2.92 bits per heavy atom. The van der Waals surface area contributed by atoms with Crippen LogP contribution in [0.15, 0.2) is 52.1 Å². The molecule has 0 fully saturated rings. The van der Waals surface area contributed by atoms with Crippen molar-refractivity contribution in [2.24, 2.45) is 0 Å². The summed E-state index contributed by atoms with van der Waals surface area (Å²) < 4.78 is 27.8. The molecule has 2 N–H and O–H groups in total. The fraction of sp³-hybridized carbons (Fsp3) is 0.370. The van der Waals surface area contributed by atoms with Crippen molar-refractivity contribution in [3.8, 4) is 11.5 Å². The first-order valence-electron chi connectivity index (χ1n) is 12.4. The zero-order valence-corrected chi connectivity index (χ0v) is 22.7.